The van der Waals surface area contributed by atoms with Crippen molar-refractivity contribution in [3.63, 3.8) is 0 Å². The van der Waals surface area contributed by atoms with Gasteiger partial charge >= 0.3 is 11.9 Å². The number of esters is 2. The average Bonchev–Trinajstić information content (AvgIpc) is 3.13. The fourth-order valence-electron chi connectivity index (χ4n) is 7.28. The summed E-state index contributed by atoms with van der Waals surface area (Å²) in [5, 5.41) is 71.8. The molecule has 9 atom stereocenters. The van der Waals surface area contributed by atoms with Gasteiger partial charge in [-0.1, -0.05) is 39.0 Å². The number of ketones is 1. The number of aliphatic hydroxyl groups is 5. The number of carbonyl (C=O) groups is 4. The van der Waals surface area contributed by atoms with Crippen molar-refractivity contribution < 1.29 is 68.8 Å². The van der Waals surface area contributed by atoms with Crippen molar-refractivity contribution in [3.8, 4) is 11.5 Å². The molecule has 9 unspecified atom stereocenters. The van der Waals surface area contributed by atoms with Gasteiger partial charge in [-0.15, -0.1) is 0 Å². The molecule has 3 aliphatic heterocycles. The molecule has 15 heteroatoms. The first-order valence-corrected chi connectivity index (χ1v) is 17.8. The monoisotopic (exact) mass is 769 g/mol. The van der Waals surface area contributed by atoms with Gasteiger partial charge in [0, 0.05) is 47.0 Å². The standard InChI is InChI=1S/C40H51NO14/c1-16-12-11-13-17(2)38(49)41-28-19(4)36(55-23(8)42)24-25(33(28)47)31(45)21(6)35-26(24)34(53-15-54-35)18(3)14-40(9,51)37(48)22(7)32(46)27(39(50)52-10)30(44)20(5)29(16)43/h11-14,16,20,22,27,29-30,32,37,43-44,46-48,51H,15H2,1-10H3,(H,41,49)/b12-11?,17-13?,18-14+. The van der Waals surface area contributed by atoms with Crippen molar-refractivity contribution in [1.82, 2.24) is 0 Å². The molecule has 4 aliphatic rings. The van der Waals surface area contributed by atoms with E-state index >= 15 is 0 Å². The third-order valence-electron chi connectivity index (χ3n) is 10.6. The molecule has 55 heavy (non-hydrogen) atoms. The number of aromatic hydroxyl groups is 1. The molecule has 0 saturated heterocycles. The van der Waals surface area contributed by atoms with E-state index in [0.717, 1.165) is 14.0 Å². The molecule has 7 N–H and O–H groups in total. The Bertz CT molecular complexity index is 1920. The van der Waals surface area contributed by atoms with Gasteiger partial charge in [0.2, 0.25) is 6.79 Å². The van der Waals surface area contributed by atoms with Crippen molar-refractivity contribution in [3.05, 3.63) is 69.2 Å². The SMILES string of the molecule is COC(=O)C1C(O)C(C)C(O)C(C)C=CC=C(C)C(=O)Nc2c(C)c(OC(C)=O)c3c(c2O)C(=O)C(C)=C2OCOC(=C23)/C(C)=C/C(C)(O)C(O)C(C)C1O. The Hall–Kier alpha value is -4.80. The van der Waals surface area contributed by atoms with E-state index < -0.39 is 89.9 Å². The van der Waals surface area contributed by atoms with Crippen LogP contribution in [-0.4, -0.2) is 98.2 Å². The van der Waals surface area contributed by atoms with Crippen LogP contribution in [-0.2, 0) is 28.6 Å². The van der Waals surface area contributed by atoms with E-state index in [0.29, 0.717) is 0 Å². The van der Waals surface area contributed by atoms with Gasteiger partial charge in [-0.2, -0.15) is 0 Å². The number of aliphatic hydroxyl groups excluding tert-OH is 4. The first kappa shape index (κ1) is 42.9. The van der Waals surface area contributed by atoms with Gasteiger partial charge in [0.1, 0.15) is 28.8 Å². The molecule has 0 spiro atoms. The van der Waals surface area contributed by atoms with Crippen molar-refractivity contribution in [2.24, 2.45) is 23.7 Å². The molecule has 0 aromatic heterocycles. The molecular formula is C40H51NO14. The van der Waals surface area contributed by atoms with Gasteiger partial charge in [-0.3, -0.25) is 19.2 Å². The van der Waals surface area contributed by atoms with Gasteiger partial charge < -0.3 is 54.9 Å². The van der Waals surface area contributed by atoms with E-state index in [9.17, 15) is 49.8 Å². The topological polar surface area (TPSA) is 239 Å². The van der Waals surface area contributed by atoms with Gasteiger partial charge in [0.25, 0.3) is 5.91 Å². The number of benzene rings is 1. The number of Topliss-reactive ketones (excluding diaryl/α,β-unsaturated/α-hetero) is 1. The van der Waals surface area contributed by atoms with E-state index in [-0.39, 0.29) is 61.9 Å². The molecule has 3 heterocycles. The molecule has 4 bridgehead atoms. The predicted octanol–water partition coefficient (Wildman–Crippen LogP) is 3.10. The Morgan fingerprint density at radius 2 is 1.51 bits per heavy atom. The summed E-state index contributed by atoms with van der Waals surface area (Å²) >= 11 is 0. The number of nitrogens with one attached hydrogen (secondary N) is 1. The summed E-state index contributed by atoms with van der Waals surface area (Å²) < 4.78 is 22.3. The van der Waals surface area contributed by atoms with Crippen molar-refractivity contribution in [2.45, 2.75) is 92.3 Å². The van der Waals surface area contributed by atoms with Crippen molar-refractivity contribution in [1.29, 1.82) is 0 Å². The summed E-state index contributed by atoms with van der Waals surface area (Å²) in [7, 11) is 1.06. The Labute approximate surface area is 319 Å². The minimum Gasteiger partial charge on any atom is -0.505 e. The minimum atomic E-state index is -2.17. The summed E-state index contributed by atoms with van der Waals surface area (Å²) in [5.74, 6) is -8.68. The lowest BCUT2D eigenvalue weighted by Crippen LogP contribution is -2.53. The summed E-state index contributed by atoms with van der Waals surface area (Å²) in [6.45, 7) is 12.3. The number of phenolic OH excluding ortho intramolecular Hbond substituents is 1. The smallest absolute Gasteiger partial charge is 0.313 e. The van der Waals surface area contributed by atoms with Crippen LogP contribution in [0.25, 0.3) is 5.57 Å². The van der Waals surface area contributed by atoms with E-state index in [2.05, 4.69) is 5.32 Å². The molecule has 0 saturated carbocycles. The molecule has 0 radical (unpaired) electrons. The number of carbonyl (C=O) groups excluding carboxylic acids is 4. The number of hydrogen-bond acceptors (Lipinski definition) is 14. The second-order valence-corrected chi connectivity index (χ2v) is 14.7. The van der Waals surface area contributed by atoms with Crippen LogP contribution >= 0.6 is 0 Å². The fourth-order valence-corrected chi connectivity index (χ4v) is 7.28. The number of fused-ring (bicyclic) bond motifs is 14. The number of allylic oxidation sites excluding steroid dienone is 5. The van der Waals surface area contributed by atoms with Crippen LogP contribution in [0.15, 0.2) is 52.5 Å². The maximum Gasteiger partial charge on any atom is 0.313 e. The molecule has 1 aromatic rings. The number of hydrogen-bond donors (Lipinski definition) is 7. The third kappa shape index (κ3) is 8.12. The lowest BCUT2D eigenvalue weighted by Gasteiger charge is -2.39. The molecule has 1 amide bonds. The number of ether oxygens (including phenoxy) is 4. The second kappa shape index (κ2) is 16.5. The summed E-state index contributed by atoms with van der Waals surface area (Å²) in [5.41, 5.74) is -2.34. The summed E-state index contributed by atoms with van der Waals surface area (Å²) in [6, 6.07) is 0. The molecule has 1 aliphatic carbocycles. The lowest BCUT2D eigenvalue weighted by molar-refractivity contribution is -0.168. The summed E-state index contributed by atoms with van der Waals surface area (Å²) in [6.07, 6.45) is -0.878. The zero-order valence-electron chi connectivity index (χ0n) is 32.6. The number of phenols is 1. The molecule has 15 nitrogen and oxygen atoms in total. The minimum absolute atomic E-state index is 0.00256. The van der Waals surface area contributed by atoms with E-state index in [4.69, 9.17) is 18.9 Å². The Kier molecular flexibility index (Phi) is 12.9. The van der Waals surface area contributed by atoms with Gasteiger partial charge in [-0.05, 0) is 46.3 Å². The van der Waals surface area contributed by atoms with Crippen LogP contribution in [0.2, 0.25) is 0 Å². The highest BCUT2D eigenvalue weighted by atomic mass is 16.7. The molecular weight excluding hydrogens is 718 g/mol. The maximum absolute atomic E-state index is 14.0. The van der Waals surface area contributed by atoms with Crippen LogP contribution in [0.5, 0.6) is 11.5 Å². The summed E-state index contributed by atoms with van der Waals surface area (Å²) in [4.78, 5) is 53.0. The molecule has 300 valence electrons. The second-order valence-electron chi connectivity index (χ2n) is 14.7. The quantitative estimate of drug-likeness (QED) is 0.130. The van der Waals surface area contributed by atoms with E-state index in [1.165, 1.54) is 66.7 Å². The highest BCUT2D eigenvalue weighted by molar-refractivity contribution is 6.21. The zero-order valence-corrected chi connectivity index (χ0v) is 32.6. The van der Waals surface area contributed by atoms with Crippen LogP contribution in [0.3, 0.4) is 0 Å². The normalized spacial score (nSPS) is 31.8. The van der Waals surface area contributed by atoms with Crippen LogP contribution in [0.4, 0.5) is 5.69 Å². The zero-order chi connectivity index (χ0) is 41.4. The molecule has 0 fully saturated rings. The maximum atomic E-state index is 14.0. The predicted molar refractivity (Wildman–Crippen MR) is 198 cm³/mol. The third-order valence-corrected chi connectivity index (χ3v) is 10.6. The van der Waals surface area contributed by atoms with Gasteiger partial charge in [-0.25, -0.2) is 0 Å². The average molecular weight is 770 g/mol. The highest BCUT2D eigenvalue weighted by Crippen LogP contribution is 2.53. The van der Waals surface area contributed by atoms with E-state index in [1.807, 2.05) is 0 Å². The first-order valence-electron chi connectivity index (χ1n) is 17.8. The lowest BCUT2D eigenvalue weighted by atomic mass is 9.75. The van der Waals surface area contributed by atoms with Crippen LogP contribution in [0.1, 0.15) is 76.9 Å². The van der Waals surface area contributed by atoms with Crippen molar-refractivity contribution in [2.75, 3.05) is 19.2 Å². The Balaban J connectivity index is 2.07. The van der Waals surface area contributed by atoms with E-state index in [1.54, 1.807) is 13.0 Å². The van der Waals surface area contributed by atoms with Crippen molar-refractivity contribution >= 4 is 34.9 Å². The number of rotatable bonds is 2. The highest BCUT2D eigenvalue weighted by Gasteiger charge is 2.47. The van der Waals surface area contributed by atoms with Gasteiger partial charge in [0.15, 0.2) is 11.5 Å². The van der Waals surface area contributed by atoms with Gasteiger partial charge in [0.05, 0.1) is 48.3 Å². The first-order chi connectivity index (χ1) is 25.6. The number of methoxy groups -OCH3 is 1. The Morgan fingerprint density at radius 1 is 0.909 bits per heavy atom. The van der Waals surface area contributed by atoms with Crippen LogP contribution in [0, 0.1) is 30.6 Å². The fraction of sp³-hybridized carbons (Fsp3) is 0.500. The molecule has 5 rings (SSSR count). The van der Waals surface area contributed by atoms with Crippen LogP contribution < -0.4 is 10.1 Å². The largest absolute Gasteiger partial charge is 0.505 e. The Morgan fingerprint density at radius 3 is 2.11 bits per heavy atom. The molecule has 1 aromatic carbocycles. The number of amides is 1. The number of anilines is 1.